The number of ether oxygens (including phenoxy) is 1. The first kappa shape index (κ1) is 17.2. The normalized spacial score (nSPS) is 10.7. The van der Waals surface area contributed by atoms with Crippen LogP contribution in [0.3, 0.4) is 0 Å². The highest BCUT2D eigenvalue weighted by Gasteiger charge is 2.29. The number of rotatable bonds is 5. The zero-order valence-electron chi connectivity index (χ0n) is 13.1. The Morgan fingerprint density at radius 2 is 1.95 bits per heavy atom. The minimum atomic E-state index is -0.815. The summed E-state index contributed by atoms with van der Waals surface area (Å²) in [5.74, 6) is 5.79. The van der Waals surface area contributed by atoms with Crippen molar-refractivity contribution < 1.29 is 14.6 Å². The molecule has 1 N–H and O–H groups in total. The maximum atomic E-state index is 12.2. The number of carbonyl (C=O) groups is 1. The van der Waals surface area contributed by atoms with Crippen LogP contribution in [-0.2, 0) is 16.1 Å². The lowest BCUT2D eigenvalue weighted by atomic mass is 10.1. The molecule has 21 heavy (non-hydrogen) atoms. The van der Waals surface area contributed by atoms with Crippen molar-refractivity contribution in [2.24, 2.45) is 0 Å². The summed E-state index contributed by atoms with van der Waals surface area (Å²) in [4.78, 5) is 13.8. The predicted molar refractivity (Wildman–Crippen MR) is 82.6 cm³/mol. The third kappa shape index (κ3) is 5.22. The summed E-state index contributed by atoms with van der Waals surface area (Å²) in [5.41, 5.74) is 1.12. The van der Waals surface area contributed by atoms with Crippen LogP contribution in [-0.4, -0.2) is 42.3 Å². The highest BCUT2D eigenvalue weighted by atomic mass is 16.5. The van der Waals surface area contributed by atoms with E-state index in [-0.39, 0.29) is 12.5 Å². The number of aliphatic hydroxyl groups excluding tert-OH is 1. The van der Waals surface area contributed by atoms with Crippen LogP contribution < -0.4 is 0 Å². The van der Waals surface area contributed by atoms with Gasteiger partial charge in [0.2, 0.25) is 0 Å². The van der Waals surface area contributed by atoms with Gasteiger partial charge >= 0.3 is 0 Å². The molecule has 114 valence electrons. The molecule has 1 amide bonds. The maximum Gasteiger partial charge on any atom is 0.254 e. The van der Waals surface area contributed by atoms with Crippen LogP contribution in [0.5, 0.6) is 0 Å². The fraction of sp³-hybridized carbons (Fsp3) is 0.471. The van der Waals surface area contributed by atoms with Gasteiger partial charge in [-0.05, 0) is 31.5 Å². The van der Waals surface area contributed by atoms with Crippen LogP contribution in [0, 0.1) is 11.8 Å². The second-order valence-corrected chi connectivity index (χ2v) is 5.35. The summed E-state index contributed by atoms with van der Waals surface area (Å²) in [5, 5.41) is 8.68. The van der Waals surface area contributed by atoms with E-state index in [1.54, 1.807) is 25.8 Å². The number of aliphatic hydroxyl groups is 1. The molecule has 0 fully saturated rings. The molecule has 4 nitrogen and oxygen atoms in total. The topological polar surface area (TPSA) is 49.8 Å². The highest BCUT2D eigenvalue weighted by Crippen LogP contribution is 2.14. The van der Waals surface area contributed by atoms with Crippen molar-refractivity contribution in [2.75, 3.05) is 20.8 Å². The van der Waals surface area contributed by atoms with Crippen LogP contribution in [0.25, 0.3) is 0 Å². The molecule has 0 heterocycles. The van der Waals surface area contributed by atoms with Crippen molar-refractivity contribution in [2.45, 2.75) is 32.4 Å². The fourth-order valence-corrected chi connectivity index (χ4v) is 1.81. The highest BCUT2D eigenvalue weighted by molar-refractivity contribution is 5.84. The third-order valence-electron chi connectivity index (χ3n) is 3.22. The minimum absolute atomic E-state index is 0.0585. The molecule has 0 aromatic heterocycles. The molecule has 0 saturated heterocycles. The van der Waals surface area contributed by atoms with Crippen LogP contribution in [0.2, 0.25) is 0 Å². The van der Waals surface area contributed by atoms with Gasteiger partial charge in [0.15, 0.2) is 0 Å². The Morgan fingerprint density at radius 1 is 1.33 bits per heavy atom. The molecule has 0 spiro atoms. The van der Waals surface area contributed by atoms with Crippen LogP contribution in [0.4, 0.5) is 0 Å². The van der Waals surface area contributed by atoms with E-state index >= 15 is 0 Å². The summed E-state index contributed by atoms with van der Waals surface area (Å²) in [6.07, 6.45) is 0.477. The van der Waals surface area contributed by atoms with E-state index in [0.717, 1.165) is 11.1 Å². The van der Waals surface area contributed by atoms with E-state index in [1.165, 1.54) is 7.11 Å². The number of nitrogens with zero attached hydrogens (tertiary/aromatic N) is 1. The van der Waals surface area contributed by atoms with Crippen LogP contribution >= 0.6 is 0 Å². The van der Waals surface area contributed by atoms with Crippen molar-refractivity contribution in [1.82, 2.24) is 4.90 Å². The Morgan fingerprint density at radius 3 is 2.48 bits per heavy atom. The molecule has 0 saturated carbocycles. The maximum absolute atomic E-state index is 12.2. The Hall–Kier alpha value is -1.83. The second kappa shape index (κ2) is 7.82. The molecule has 0 bridgehead atoms. The molecule has 1 rings (SSSR count). The largest absolute Gasteiger partial charge is 0.395 e. The minimum Gasteiger partial charge on any atom is -0.395 e. The number of methoxy groups -OCH3 is 1. The molecule has 0 aliphatic heterocycles. The lowest BCUT2D eigenvalue weighted by Gasteiger charge is -2.28. The van der Waals surface area contributed by atoms with Gasteiger partial charge in [0.25, 0.3) is 5.91 Å². The van der Waals surface area contributed by atoms with Gasteiger partial charge < -0.3 is 14.7 Å². The molecule has 0 aliphatic rings. The van der Waals surface area contributed by atoms with E-state index < -0.39 is 5.60 Å². The average molecular weight is 289 g/mol. The summed E-state index contributed by atoms with van der Waals surface area (Å²) in [6, 6.07) is 7.73. The fourth-order valence-electron chi connectivity index (χ4n) is 1.81. The number of hydrogen-bond acceptors (Lipinski definition) is 3. The van der Waals surface area contributed by atoms with E-state index in [0.29, 0.717) is 13.0 Å². The van der Waals surface area contributed by atoms with Crippen LogP contribution in [0.1, 0.15) is 31.4 Å². The van der Waals surface area contributed by atoms with Gasteiger partial charge in [-0.2, -0.15) is 0 Å². The molecule has 0 aliphatic carbocycles. The standard InChI is InChI=1S/C17H23NO3/c1-17(2,21-4)16(20)18(3)13-15-10-8-14(9-11-15)7-5-6-12-19/h8-11,19H,6,12-13H2,1-4H3. The molecule has 0 atom stereocenters. The van der Waals surface area contributed by atoms with E-state index in [1.807, 2.05) is 24.3 Å². The Bertz CT molecular complexity index is 523. The number of likely N-dealkylation sites (N-methyl/N-ethyl adjacent to an activating group) is 1. The van der Waals surface area contributed by atoms with Crippen molar-refractivity contribution in [3.63, 3.8) is 0 Å². The Balaban J connectivity index is 2.68. The van der Waals surface area contributed by atoms with Crippen molar-refractivity contribution in [1.29, 1.82) is 0 Å². The molecule has 0 unspecified atom stereocenters. The number of carbonyl (C=O) groups excluding carboxylic acids is 1. The molecule has 4 heteroatoms. The molecule has 0 radical (unpaired) electrons. The van der Waals surface area contributed by atoms with Crippen molar-refractivity contribution in [3.05, 3.63) is 35.4 Å². The monoisotopic (exact) mass is 289 g/mol. The SMILES string of the molecule is COC(C)(C)C(=O)N(C)Cc1ccc(C#CCCO)cc1. The summed E-state index contributed by atoms with van der Waals surface area (Å²) < 4.78 is 5.20. The zero-order chi connectivity index (χ0) is 15.9. The number of benzene rings is 1. The van der Waals surface area contributed by atoms with E-state index in [4.69, 9.17) is 9.84 Å². The van der Waals surface area contributed by atoms with Gasteiger partial charge in [0, 0.05) is 32.7 Å². The van der Waals surface area contributed by atoms with Gasteiger partial charge in [0.1, 0.15) is 5.60 Å². The van der Waals surface area contributed by atoms with Crippen LogP contribution in [0.15, 0.2) is 24.3 Å². The first-order valence-electron chi connectivity index (χ1n) is 6.90. The van der Waals surface area contributed by atoms with E-state index in [2.05, 4.69) is 11.8 Å². The van der Waals surface area contributed by atoms with Gasteiger partial charge in [-0.3, -0.25) is 4.79 Å². The first-order chi connectivity index (χ1) is 9.90. The molecule has 1 aromatic carbocycles. The first-order valence-corrected chi connectivity index (χ1v) is 6.90. The quantitative estimate of drug-likeness (QED) is 0.841. The lowest BCUT2D eigenvalue weighted by molar-refractivity contribution is -0.150. The Kier molecular flexibility index (Phi) is 6.41. The zero-order valence-corrected chi connectivity index (χ0v) is 13.1. The summed E-state index contributed by atoms with van der Waals surface area (Å²) in [7, 11) is 3.30. The Labute approximate surface area is 126 Å². The van der Waals surface area contributed by atoms with Crippen molar-refractivity contribution >= 4 is 5.91 Å². The predicted octanol–water partition coefficient (Wildman–Crippen LogP) is 1.80. The summed E-state index contributed by atoms with van der Waals surface area (Å²) in [6.45, 7) is 4.11. The number of amides is 1. The second-order valence-electron chi connectivity index (χ2n) is 5.35. The average Bonchev–Trinajstić information content (AvgIpc) is 2.48. The van der Waals surface area contributed by atoms with Gasteiger partial charge in [-0.25, -0.2) is 0 Å². The van der Waals surface area contributed by atoms with Gasteiger partial charge in [0.05, 0.1) is 6.61 Å². The molecular formula is C17H23NO3. The van der Waals surface area contributed by atoms with E-state index in [9.17, 15) is 4.79 Å². The smallest absolute Gasteiger partial charge is 0.254 e. The lowest BCUT2D eigenvalue weighted by Crippen LogP contribution is -2.44. The third-order valence-corrected chi connectivity index (χ3v) is 3.22. The van der Waals surface area contributed by atoms with Gasteiger partial charge in [-0.1, -0.05) is 24.0 Å². The molecule has 1 aromatic rings. The summed E-state index contributed by atoms with van der Waals surface area (Å²) >= 11 is 0. The number of hydrogen-bond donors (Lipinski definition) is 1. The van der Waals surface area contributed by atoms with Gasteiger partial charge in [-0.15, -0.1) is 0 Å². The van der Waals surface area contributed by atoms with Crippen molar-refractivity contribution in [3.8, 4) is 11.8 Å². The molecular weight excluding hydrogens is 266 g/mol.